The average Bonchev–Trinajstić information content (AvgIpc) is 2.58. The molecule has 0 heterocycles. The van der Waals surface area contributed by atoms with Crippen molar-refractivity contribution < 1.29 is 14.3 Å². The molecule has 0 aliphatic carbocycles. The second kappa shape index (κ2) is 8.72. The number of anilines is 1. The molecule has 0 aromatic heterocycles. The van der Waals surface area contributed by atoms with Crippen LogP contribution in [-0.4, -0.2) is 25.0 Å². The molecule has 24 heavy (non-hydrogen) atoms. The van der Waals surface area contributed by atoms with Crippen molar-refractivity contribution in [2.75, 3.05) is 18.5 Å². The van der Waals surface area contributed by atoms with Crippen LogP contribution in [0.4, 0.5) is 5.69 Å². The number of rotatable bonds is 7. The molecule has 0 aliphatic rings. The van der Waals surface area contributed by atoms with Crippen molar-refractivity contribution in [3.8, 4) is 5.75 Å². The van der Waals surface area contributed by atoms with Crippen molar-refractivity contribution in [1.82, 2.24) is 5.32 Å². The zero-order chi connectivity index (χ0) is 17.4. The van der Waals surface area contributed by atoms with E-state index in [0.717, 1.165) is 12.0 Å². The first-order chi connectivity index (χ1) is 11.6. The summed E-state index contributed by atoms with van der Waals surface area (Å²) in [6.07, 6.45) is 0.873. The number of carbonyl (C=O) groups is 2. The molecular weight excluding hydrogens is 304 g/mol. The van der Waals surface area contributed by atoms with Gasteiger partial charge in [0.2, 0.25) is 0 Å². The van der Waals surface area contributed by atoms with Crippen LogP contribution in [0.15, 0.2) is 48.5 Å². The lowest BCUT2D eigenvalue weighted by atomic mass is 10.2. The van der Waals surface area contributed by atoms with E-state index in [1.165, 1.54) is 0 Å². The number of nitrogens with one attached hydrogen (secondary N) is 2. The van der Waals surface area contributed by atoms with Crippen molar-refractivity contribution in [2.24, 2.45) is 0 Å². The highest BCUT2D eigenvalue weighted by molar-refractivity contribution is 5.97. The van der Waals surface area contributed by atoms with Crippen LogP contribution in [0.5, 0.6) is 5.75 Å². The van der Waals surface area contributed by atoms with Crippen LogP contribution in [-0.2, 0) is 4.79 Å². The predicted molar refractivity (Wildman–Crippen MR) is 94.4 cm³/mol. The zero-order valence-electron chi connectivity index (χ0n) is 14.0. The van der Waals surface area contributed by atoms with Gasteiger partial charge in [-0.3, -0.25) is 9.59 Å². The van der Waals surface area contributed by atoms with Crippen LogP contribution in [0, 0.1) is 6.92 Å². The third kappa shape index (κ3) is 5.43. The molecule has 0 aliphatic heterocycles. The second-order valence-electron chi connectivity index (χ2n) is 5.49. The number of ether oxygens (including phenoxy) is 1. The van der Waals surface area contributed by atoms with Crippen LogP contribution in [0.1, 0.15) is 29.3 Å². The third-order valence-electron chi connectivity index (χ3n) is 3.30. The Morgan fingerprint density at radius 2 is 1.88 bits per heavy atom. The molecule has 2 aromatic carbocycles. The molecule has 5 heteroatoms. The summed E-state index contributed by atoms with van der Waals surface area (Å²) < 4.78 is 5.46. The fourth-order valence-electron chi connectivity index (χ4n) is 2.13. The lowest BCUT2D eigenvalue weighted by Crippen LogP contribution is -2.24. The van der Waals surface area contributed by atoms with Gasteiger partial charge in [-0.1, -0.05) is 25.1 Å². The molecule has 2 amide bonds. The number of hydrogen-bond acceptors (Lipinski definition) is 3. The van der Waals surface area contributed by atoms with Gasteiger partial charge >= 0.3 is 0 Å². The Balaban J connectivity index is 1.90. The van der Waals surface area contributed by atoms with Gasteiger partial charge in [0, 0.05) is 17.8 Å². The highest BCUT2D eigenvalue weighted by Gasteiger charge is 2.08. The molecule has 0 fully saturated rings. The molecule has 0 unspecified atom stereocenters. The highest BCUT2D eigenvalue weighted by Crippen LogP contribution is 2.13. The fourth-order valence-corrected chi connectivity index (χ4v) is 2.13. The summed E-state index contributed by atoms with van der Waals surface area (Å²) in [4.78, 5) is 23.9. The van der Waals surface area contributed by atoms with Gasteiger partial charge in [0.15, 0.2) is 6.61 Å². The Kier molecular flexibility index (Phi) is 6.37. The number of hydrogen-bond donors (Lipinski definition) is 2. The molecule has 0 spiro atoms. The first-order valence-corrected chi connectivity index (χ1v) is 7.96. The summed E-state index contributed by atoms with van der Waals surface area (Å²) in [5, 5.41) is 5.54. The summed E-state index contributed by atoms with van der Waals surface area (Å²) >= 11 is 0. The maximum absolute atomic E-state index is 12.0. The van der Waals surface area contributed by atoms with Crippen LogP contribution in [0.25, 0.3) is 0 Å². The van der Waals surface area contributed by atoms with Crippen LogP contribution >= 0.6 is 0 Å². The molecule has 5 nitrogen and oxygen atoms in total. The maximum Gasteiger partial charge on any atom is 0.262 e. The Labute approximate surface area is 142 Å². The minimum atomic E-state index is -0.275. The van der Waals surface area contributed by atoms with Crippen molar-refractivity contribution in [3.05, 3.63) is 59.7 Å². The molecule has 0 saturated heterocycles. The van der Waals surface area contributed by atoms with Crippen molar-refractivity contribution in [1.29, 1.82) is 0 Å². The topological polar surface area (TPSA) is 67.4 Å². The summed E-state index contributed by atoms with van der Waals surface area (Å²) in [7, 11) is 0. The van der Waals surface area contributed by atoms with E-state index in [2.05, 4.69) is 10.6 Å². The molecule has 126 valence electrons. The Morgan fingerprint density at radius 1 is 1.08 bits per heavy atom. The van der Waals surface area contributed by atoms with Gasteiger partial charge < -0.3 is 15.4 Å². The van der Waals surface area contributed by atoms with Crippen LogP contribution in [0.3, 0.4) is 0 Å². The summed E-state index contributed by atoms with van der Waals surface area (Å²) in [5.74, 6) is 0.226. The molecular formula is C19H22N2O3. The Bertz CT molecular complexity index is 713. The van der Waals surface area contributed by atoms with E-state index >= 15 is 0 Å². The lowest BCUT2D eigenvalue weighted by Gasteiger charge is -2.09. The summed E-state index contributed by atoms with van der Waals surface area (Å²) in [6.45, 7) is 4.49. The van der Waals surface area contributed by atoms with E-state index in [4.69, 9.17) is 4.74 Å². The lowest BCUT2D eigenvalue weighted by molar-refractivity contribution is -0.118. The van der Waals surface area contributed by atoms with Gasteiger partial charge in [0.1, 0.15) is 5.75 Å². The minimum Gasteiger partial charge on any atom is -0.484 e. The largest absolute Gasteiger partial charge is 0.484 e. The standard InChI is InChI=1S/C19H22N2O3/c1-3-10-20-19(23)15-7-5-8-16(12-15)21-18(22)13-24-17-9-4-6-14(2)11-17/h4-9,11-12H,3,10,13H2,1-2H3,(H,20,23)(H,21,22). The van der Waals surface area contributed by atoms with Gasteiger partial charge in [0.05, 0.1) is 0 Å². The van der Waals surface area contributed by atoms with Crippen LogP contribution < -0.4 is 15.4 Å². The normalized spacial score (nSPS) is 10.1. The smallest absolute Gasteiger partial charge is 0.262 e. The van der Waals surface area contributed by atoms with E-state index in [1.54, 1.807) is 30.3 Å². The molecule has 2 rings (SSSR count). The second-order valence-corrected chi connectivity index (χ2v) is 5.49. The number of benzene rings is 2. The Morgan fingerprint density at radius 3 is 2.62 bits per heavy atom. The summed E-state index contributed by atoms with van der Waals surface area (Å²) in [5.41, 5.74) is 2.15. The maximum atomic E-state index is 12.0. The average molecular weight is 326 g/mol. The van der Waals surface area contributed by atoms with E-state index in [1.807, 2.05) is 32.0 Å². The SMILES string of the molecule is CCCNC(=O)c1cccc(NC(=O)COc2cccc(C)c2)c1. The molecule has 0 bridgehead atoms. The van der Waals surface area contributed by atoms with E-state index < -0.39 is 0 Å². The van der Waals surface area contributed by atoms with Crippen molar-refractivity contribution >= 4 is 17.5 Å². The van der Waals surface area contributed by atoms with E-state index in [9.17, 15) is 9.59 Å². The molecule has 0 atom stereocenters. The fraction of sp³-hybridized carbons (Fsp3) is 0.263. The number of amides is 2. The van der Waals surface area contributed by atoms with Gasteiger partial charge in [0.25, 0.3) is 11.8 Å². The van der Waals surface area contributed by atoms with Gasteiger partial charge in [-0.05, 0) is 49.2 Å². The van der Waals surface area contributed by atoms with Gasteiger partial charge in [-0.2, -0.15) is 0 Å². The molecule has 0 saturated carbocycles. The number of aryl methyl sites for hydroxylation is 1. The number of carbonyl (C=O) groups excluding carboxylic acids is 2. The van der Waals surface area contributed by atoms with Crippen LogP contribution in [0.2, 0.25) is 0 Å². The Hall–Kier alpha value is -2.82. The first-order valence-electron chi connectivity index (χ1n) is 7.96. The summed E-state index contributed by atoms with van der Waals surface area (Å²) in [6, 6.07) is 14.3. The molecule has 2 N–H and O–H groups in total. The van der Waals surface area contributed by atoms with E-state index in [0.29, 0.717) is 23.5 Å². The first kappa shape index (κ1) is 17.5. The monoisotopic (exact) mass is 326 g/mol. The van der Waals surface area contributed by atoms with E-state index in [-0.39, 0.29) is 18.4 Å². The van der Waals surface area contributed by atoms with Crippen molar-refractivity contribution in [3.63, 3.8) is 0 Å². The zero-order valence-corrected chi connectivity index (χ0v) is 14.0. The minimum absolute atomic E-state index is 0.0876. The van der Waals surface area contributed by atoms with Gasteiger partial charge in [-0.15, -0.1) is 0 Å². The van der Waals surface area contributed by atoms with Crippen molar-refractivity contribution in [2.45, 2.75) is 20.3 Å². The third-order valence-corrected chi connectivity index (χ3v) is 3.30. The predicted octanol–water partition coefficient (Wildman–Crippen LogP) is 3.15. The quantitative estimate of drug-likeness (QED) is 0.821. The highest BCUT2D eigenvalue weighted by atomic mass is 16.5. The molecule has 2 aromatic rings. The molecule has 0 radical (unpaired) electrons. The van der Waals surface area contributed by atoms with Gasteiger partial charge in [-0.25, -0.2) is 0 Å².